The van der Waals surface area contributed by atoms with Crippen molar-refractivity contribution in [1.29, 1.82) is 0 Å². The standard InChI is InChI=1S/C69H131NO5/c1-3-5-7-9-11-13-15-17-19-20-21-22-23-24-25-26-28-31-34-37-41-45-49-53-57-61-67(72)66(65-71)70-68(73)62-58-54-50-46-42-38-35-32-29-27-30-33-36-40-44-48-52-56-60-64-75-69(74)63-59-55-51-47-43-39-18-16-14-12-10-8-6-4-2/h33,36,40,44,57,61,66-67,71-72H,3-32,34-35,37-39,41-43,45-56,58-60,62-65H2,1-2H3,(H,70,73)/b36-33-,44-40-,61-57+. The monoisotopic (exact) mass is 1050 g/mol. The van der Waals surface area contributed by atoms with Crippen molar-refractivity contribution in [3.63, 3.8) is 0 Å². The number of allylic oxidation sites excluding steroid dienone is 5. The summed E-state index contributed by atoms with van der Waals surface area (Å²) >= 11 is 0. The number of amides is 1. The number of aliphatic hydroxyl groups excluding tert-OH is 2. The molecule has 2 atom stereocenters. The maximum Gasteiger partial charge on any atom is 0.305 e. The molecular weight excluding hydrogens is 923 g/mol. The third-order valence-electron chi connectivity index (χ3n) is 15.7. The van der Waals surface area contributed by atoms with Crippen LogP contribution in [-0.2, 0) is 14.3 Å². The highest BCUT2D eigenvalue weighted by Crippen LogP contribution is 2.18. The summed E-state index contributed by atoms with van der Waals surface area (Å²) in [7, 11) is 0. The van der Waals surface area contributed by atoms with Gasteiger partial charge in [-0.1, -0.05) is 326 Å². The zero-order valence-electron chi connectivity index (χ0n) is 50.5. The highest BCUT2D eigenvalue weighted by Gasteiger charge is 2.18. The summed E-state index contributed by atoms with van der Waals surface area (Å²) in [6.07, 6.45) is 82.1. The Morgan fingerprint density at radius 3 is 0.987 bits per heavy atom. The minimum atomic E-state index is -0.853. The van der Waals surface area contributed by atoms with E-state index in [2.05, 4.69) is 43.5 Å². The Kier molecular flexibility index (Phi) is 63.0. The summed E-state index contributed by atoms with van der Waals surface area (Å²) in [4.78, 5) is 24.6. The molecular formula is C69H131NO5. The van der Waals surface area contributed by atoms with Gasteiger partial charge in [-0.15, -0.1) is 0 Å². The molecule has 6 heteroatoms. The molecule has 0 aromatic rings. The second-order valence-electron chi connectivity index (χ2n) is 23.2. The van der Waals surface area contributed by atoms with E-state index in [-0.39, 0.29) is 18.5 Å². The van der Waals surface area contributed by atoms with Crippen LogP contribution in [0.4, 0.5) is 0 Å². The number of rotatable bonds is 63. The Labute approximate surface area is 468 Å². The van der Waals surface area contributed by atoms with Crippen molar-refractivity contribution < 1.29 is 24.5 Å². The van der Waals surface area contributed by atoms with Crippen molar-refractivity contribution >= 4 is 11.9 Å². The van der Waals surface area contributed by atoms with Gasteiger partial charge in [0.1, 0.15) is 0 Å². The summed E-state index contributed by atoms with van der Waals surface area (Å²) in [6.45, 7) is 4.89. The second-order valence-corrected chi connectivity index (χ2v) is 23.2. The average Bonchev–Trinajstić information content (AvgIpc) is 3.41. The smallest absolute Gasteiger partial charge is 0.305 e. The minimum Gasteiger partial charge on any atom is -0.466 e. The van der Waals surface area contributed by atoms with Gasteiger partial charge in [0.15, 0.2) is 0 Å². The molecule has 0 aliphatic heterocycles. The first-order valence-corrected chi connectivity index (χ1v) is 33.8. The Balaban J connectivity index is 3.49. The highest BCUT2D eigenvalue weighted by atomic mass is 16.5. The molecule has 0 bridgehead atoms. The molecule has 1 amide bonds. The fourth-order valence-electron chi connectivity index (χ4n) is 10.5. The topological polar surface area (TPSA) is 95.9 Å². The Bertz CT molecular complexity index is 1210. The molecule has 0 saturated heterocycles. The van der Waals surface area contributed by atoms with Crippen molar-refractivity contribution in [1.82, 2.24) is 5.32 Å². The molecule has 0 heterocycles. The molecule has 442 valence electrons. The van der Waals surface area contributed by atoms with E-state index >= 15 is 0 Å². The van der Waals surface area contributed by atoms with Crippen LogP contribution in [0.25, 0.3) is 0 Å². The molecule has 0 aromatic carbocycles. The highest BCUT2D eigenvalue weighted by molar-refractivity contribution is 5.76. The Morgan fingerprint density at radius 1 is 0.373 bits per heavy atom. The van der Waals surface area contributed by atoms with Gasteiger partial charge in [-0.05, 0) is 64.2 Å². The predicted molar refractivity (Wildman–Crippen MR) is 329 cm³/mol. The van der Waals surface area contributed by atoms with E-state index in [4.69, 9.17) is 4.74 Å². The lowest BCUT2D eigenvalue weighted by atomic mass is 10.0. The first-order valence-electron chi connectivity index (χ1n) is 33.8. The summed E-state index contributed by atoms with van der Waals surface area (Å²) in [5.41, 5.74) is 0. The molecule has 0 aliphatic carbocycles. The molecule has 0 rings (SSSR count). The summed E-state index contributed by atoms with van der Waals surface area (Å²) in [6, 6.07) is -0.637. The molecule has 0 saturated carbocycles. The Morgan fingerprint density at radius 2 is 0.653 bits per heavy atom. The number of hydrogen-bond donors (Lipinski definition) is 3. The summed E-state index contributed by atoms with van der Waals surface area (Å²) in [5, 5.41) is 23.3. The van der Waals surface area contributed by atoms with E-state index in [1.54, 1.807) is 6.08 Å². The lowest BCUT2D eigenvalue weighted by Crippen LogP contribution is -2.45. The van der Waals surface area contributed by atoms with Gasteiger partial charge in [0.05, 0.1) is 25.4 Å². The van der Waals surface area contributed by atoms with Crippen LogP contribution in [0.5, 0.6) is 0 Å². The van der Waals surface area contributed by atoms with Crippen LogP contribution in [-0.4, -0.2) is 47.4 Å². The van der Waals surface area contributed by atoms with Crippen LogP contribution >= 0.6 is 0 Å². The number of ether oxygens (including phenoxy) is 1. The number of carbonyl (C=O) groups is 2. The van der Waals surface area contributed by atoms with Crippen LogP contribution in [0.15, 0.2) is 36.5 Å². The lowest BCUT2D eigenvalue weighted by molar-refractivity contribution is -0.143. The SMILES string of the molecule is CCCCCCCCCCCCCCCCCCCCCCCCC/C=C/C(O)C(CO)NC(=O)CCCCCCCCCCCC/C=C\C=C/CCCCCOC(=O)CCCCCCCCCCCCCCCC. The third-order valence-corrected chi connectivity index (χ3v) is 15.7. The van der Waals surface area contributed by atoms with Gasteiger partial charge in [-0.2, -0.15) is 0 Å². The van der Waals surface area contributed by atoms with Gasteiger partial charge in [0.25, 0.3) is 0 Å². The van der Waals surface area contributed by atoms with Crippen LogP contribution < -0.4 is 5.32 Å². The average molecular weight is 1050 g/mol. The van der Waals surface area contributed by atoms with E-state index in [0.717, 1.165) is 77.0 Å². The maximum absolute atomic E-state index is 12.5. The zero-order valence-corrected chi connectivity index (χ0v) is 50.5. The Hall–Kier alpha value is -1.92. The normalized spacial score (nSPS) is 12.7. The van der Waals surface area contributed by atoms with Crippen LogP contribution in [0.1, 0.15) is 367 Å². The second kappa shape index (κ2) is 64.6. The molecule has 0 fully saturated rings. The first-order chi connectivity index (χ1) is 37.0. The summed E-state index contributed by atoms with van der Waals surface area (Å²) in [5.74, 6) is -0.0855. The number of hydrogen-bond acceptors (Lipinski definition) is 5. The zero-order chi connectivity index (χ0) is 54.3. The number of nitrogens with one attached hydrogen (secondary N) is 1. The summed E-state index contributed by atoms with van der Waals surface area (Å²) < 4.78 is 5.46. The fraction of sp³-hybridized carbons (Fsp3) is 0.884. The molecule has 2 unspecified atom stereocenters. The largest absolute Gasteiger partial charge is 0.466 e. The van der Waals surface area contributed by atoms with Gasteiger partial charge in [-0.3, -0.25) is 9.59 Å². The molecule has 75 heavy (non-hydrogen) atoms. The quantitative estimate of drug-likeness (QED) is 0.0244. The van der Waals surface area contributed by atoms with Crippen molar-refractivity contribution in [3.8, 4) is 0 Å². The van der Waals surface area contributed by atoms with Crippen LogP contribution in [0.3, 0.4) is 0 Å². The number of carbonyl (C=O) groups excluding carboxylic acids is 2. The molecule has 0 aliphatic rings. The van der Waals surface area contributed by atoms with Gasteiger partial charge in [-0.25, -0.2) is 0 Å². The van der Waals surface area contributed by atoms with E-state index in [1.165, 1.54) is 263 Å². The maximum atomic E-state index is 12.5. The van der Waals surface area contributed by atoms with Crippen molar-refractivity contribution in [2.45, 2.75) is 379 Å². The number of aliphatic hydroxyl groups is 2. The molecule has 0 spiro atoms. The van der Waals surface area contributed by atoms with E-state index in [9.17, 15) is 19.8 Å². The minimum absolute atomic E-state index is 0.0113. The van der Waals surface area contributed by atoms with E-state index in [1.807, 2.05) is 6.08 Å². The predicted octanol–water partition coefficient (Wildman–Crippen LogP) is 21.5. The molecule has 0 radical (unpaired) electrons. The molecule has 6 nitrogen and oxygen atoms in total. The van der Waals surface area contributed by atoms with Crippen molar-refractivity contribution in [3.05, 3.63) is 36.5 Å². The van der Waals surface area contributed by atoms with Gasteiger partial charge in [0, 0.05) is 12.8 Å². The van der Waals surface area contributed by atoms with E-state index < -0.39 is 12.1 Å². The molecule has 0 aromatic heterocycles. The first kappa shape index (κ1) is 73.1. The van der Waals surface area contributed by atoms with Gasteiger partial charge in [0.2, 0.25) is 5.91 Å². The fourth-order valence-corrected chi connectivity index (χ4v) is 10.5. The van der Waals surface area contributed by atoms with Crippen molar-refractivity contribution in [2.24, 2.45) is 0 Å². The van der Waals surface area contributed by atoms with Gasteiger partial charge < -0.3 is 20.3 Å². The van der Waals surface area contributed by atoms with Crippen LogP contribution in [0.2, 0.25) is 0 Å². The third kappa shape index (κ3) is 61.2. The van der Waals surface area contributed by atoms with Gasteiger partial charge >= 0.3 is 5.97 Å². The van der Waals surface area contributed by atoms with Crippen molar-refractivity contribution in [2.75, 3.05) is 13.2 Å². The number of unbranched alkanes of at least 4 members (excludes halogenated alkanes) is 49. The lowest BCUT2D eigenvalue weighted by Gasteiger charge is -2.20. The van der Waals surface area contributed by atoms with Crippen LogP contribution in [0, 0.1) is 0 Å². The molecule has 3 N–H and O–H groups in total. The number of esters is 1. The van der Waals surface area contributed by atoms with E-state index in [0.29, 0.717) is 19.4 Å².